The van der Waals surface area contributed by atoms with Crippen LogP contribution >= 0.6 is 0 Å². The van der Waals surface area contributed by atoms with Crippen LogP contribution in [0.25, 0.3) is 0 Å². The fourth-order valence-corrected chi connectivity index (χ4v) is 2.50. The number of amides is 1. The molecule has 1 saturated heterocycles. The molecule has 1 aromatic carbocycles. The SMILES string of the molecule is C/C(=N\NC(=O)c1cccnc1)c1ccc(N2CCOCC2)cc1. The second-order valence-corrected chi connectivity index (χ2v) is 5.53. The first kappa shape index (κ1) is 16.1. The number of anilines is 1. The second-order valence-electron chi connectivity index (χ2n) is 5.53. The third kappa shape index (κ3) is 3.97. The zero-order valence-electron chi connectivity index (χ0n) is 13.6. The van der Waals surface area contributed by atoms with Gasteiger partial charge in [0.25, 0.3) is 5.91 Å². The van der Waals surface area contributed by atoms with E-state index in [0.717, 1.165) is 37.6 Å². The summed E-state index contributed by atoms with van der Waals surface area (Å²) in [7, 11) is 0. The van der Waals surface area contributed by atoms with Crippen LogP contribution in [0.15, 0.2) is 53.9 Å². The normalized spacial score (nSPS) is 15.2. The van der Waals surface area contributed by atoms with Gasteiger partial charge in [-0.15, -0.1) is 0 Å². The minimum atomic E-state index is -0.271. The number of nitrogens with zero attached hydrogens (tertiary/aromatic N) is 3. The molecule has 0 unspecified atom stereocenters. The van der Waals surface area contributed by atoms with Crippen molar-refractivity contribution in [1.29, 1.82) is 0 Å². The van der Waals surface area contributed by atoms with E-state index in [0.29, 0.717) is 5.56 Å². The number of pyridine rings is 1. The molecule has 1 aliphatic heterocycles. The molecular formula is C18H20N4O2. The molecule has 3 rings (SSSR count). The van der Waals surface area contributed by atoms with E-state index in [1.54, 1.807) is 18.3 Å². The molecule has 1 N–H and O–H groups in total. The summed E-state index contributed by atoms with van der Waals surface area (Å²) in [6, 6.07) is 11.6. The average molecular weight is 324 g/mol. The maximum absolute atomic E-state index is 12.0. The molecule has 6 nitrogen and oxygen atoms in total. The average Bonchev–Trinajstić information content (AvgIpc) is 2.67. The Bertz CT molecular complexity index is 708. The van der Waals surface area contributed by atoms with Gasteiger partial charge < -0.3 is 9.64 Å². The molecule has 1 aromatic heterocycles. The van der Waals surface area contributed by atoms with Crippen LogP contribution in [0, 0.1) is 0 Å². The van der Waals surface area contributed by atoms with Crippen molar-refractivity contribution in [2.24, 2.45) is 5.10 Å². The molecular weight excluding hydrogens is 304 g/mol. The molecule has 0 aliphatic carbocycles. The van der Waals surface area contributed by atoms with Gasteiger partial charge in [-0.3, -0.25) is 9.78 Å². The highest BCUT2D eigenvalue weighted by atomic mass is 16.5. The van der Waals surface area contributed by atoms with Gasteiger partial charge in [-0.2, -0.15) is 5.10 Å². The Kier molecular flexibility index (Phi) is 5.18. The van der Waals surface area contributed by atoms with Crippen LogP contribution in [0.1, 0.15) is 22.8 Å². The van der Waals surface area contributed by atoms with E-state index in [1.807, 2.05) is 19.1 Å². The van der Waals surface area contributed by atoms with Gasteiger partial charge in [-0.25, -0.2) is 5.43 Å². The van der Waals surface area contributed by atoms with Crippen LogP contribution in [0.4, 0.5) is 5.69 Å². The summed E-state index contributed by atoms with van der Waals surface area (Å²) >= 11 is 0. The third-order valence-electron chi connectivity index (χ3n) is 3.91. The van der Waals surface area contributed by atoms with Crippen molar-refractivity contribution in [3.63, 3.8) is 0 Å². The number of hydrogen-bond donors (Lipinski definition) is 1. The number of nitrogens with one attached hydrogen (secondary N) is 1. The fraction of sp³-hybridized carbons (Fsp3) is 0.278. The molecule has 124 valence electrons. The number of benzene rings is 1. The molecule has 0 atom stereocenters. The lowest BCUT2D eigenvalue weighted by Crippen LogP contribution is -2.36. The molecule has 2 aromatic rings. The van der Waals surface area contributed by atoms with Gasteiger partial charge in [-0.05, 0) is 36.8 Å². The van der Waals surface area contributed by atoms with Crippen LogP contribution < -0.4 is 10.3 Å². The summed E-state index contributed by atoms with van der Waals surface area (Å²) in [5, 5.41) is 4.17. The first-order valence-corrected chi connectivity index (χ1v) is 7.92. The molecule has 0 spiro atoms. The van der Waals surface area contributed by atoms with Gasteiger partial charge >= 0.3 is 0 Å². The molecule has 2 heterocycles. The zero-order valence-corrected chi connectivity index (χ0v) is 13.6. The first-order valence-electron chi connectivity index (χ1n) is 7.92. The van der Waals surface area contributed by atoms with Crippen LogP contribution in [0.2, 0.25) is 0 Å². The Morgan fingerprint density at radius 1 is 1.17 bits per heavy atom. The van der Waals surface area contributed by atoms with E-state index in [1.165, 1.54) is 11.9 Å². The number of hydrazone groups is 1. The van der Waals surface area contributed by atoms with Gasteiger partial charge in [0.05, 0.1) is 24.5 Å². The highest BCUT2D eigenvalue weighted by Crippen LogP contribution is 2.17. The Hall–Kier alpha value is -2.73. The van der Waals surface area contributed by atoms with Crippen molar-refractivity contribution in [3.05, 3.63) is 59.9 Å². The smallest absolute Gasteiger partial charge is 0.272 e. The van der Waals surface area contributed by atoms with Crippen molar-refractivity contribution >= 4 is 17.3 Å². The molecule has 0 bridgehead atoms. The fourth-order valence-electron chi connectivity index (χ4n) is 2.50. The van der Waals surface area contributed by atoms with Gasteiger partial charge in [-0.1, -0.05) is 12.1 Å². The first-order chi connectivity index (χ1) is 11.7. The molecule has 1 aliphatic rings. The number of carbonyl (C=O) groups is 1. The number of carbonyl (C=O) groups excluding carboxylic acids is 1. The summed E-state index contributed by atoms with van der Waals surface area (Å²) in [6.45, 7) is 5.22. The summed E-state index contributed by atoms with van der Waals surface area (Å²) < 4.78 is 5.37. The Balaban J connectivity index is 1.64. The minimum Gasteiger partial charge on any atom is -0.378 e. The van der Waals surface area contributed by atoms with Crippen molar-refractivity contribution in [1.82, 2.24) is 10.4 Å². The van der Waals surface area contributed by atoms with Crippen LogP contribution in [0.5, 0.6) is 0 Å². The standard InChI is InChI=1S/C18H20N4O2/c1-14(20-21-18(23)16-3-2-8-19-13-16)15-4-6-17(7-5-15)22-9-11-24-12-10-22/h2-8,13H,9-12H2,1H3,(H,21,23)/b20-14+. The molecule has 6 heteroatoms. The van der Waals surface area contributed by atoms with Crippen molar-refractivity contribution in [2.45, 2.75) is 6.92 Å². The quantitative estimate of drug-likeness (QED) is 0.691. The third-order valence-corrected chi connectivity index (χ3v) is 3.91. The highest BCUT2D eigenvalue weighted by molar-refractivity contribution is 6.01. The zero-order chi connectivity index (χ0) is 16.8. The predicted octanol–water partition coefficient (Wildman–Crippen LogP) is 2.07. The van der Waals surface area contributed by atoms with E-state index < -0.39 is 0 Å². The number of rotatable bonds is 4. The van der Waals surface area contributed by atoms with E-state index in [9.17, 15) is 4.79 Å². The van der Waals surface area contributed by atoms with Gasteiger partial charge in [0, 0.05) is 31.2 Å². The van der Waals surface area contributed by atoms with Crippen molar-refractivity contribution < 1.29 is 9.53 Å². The topological polar surface area (TPSA) is 66.8 Å². The molecule has 24 heavy (non-hydrogen) atoms. The number of morpholine rings is 1. The maximum atomic E-state index is 12.0. The lowest BCUT2D eigenvalue weighted by molar-refractivity contribution is 0.0954. The maximum Gasteiger partial charge on any atom is 0.272 e. The van der Waals surface area contributed by atoms with Crippen molar-refractivity contribution in [2.75, 3.05) is 31.2 Å². The predicted molar refractivity (Wildman–Crippen MR) is 93.4 cm³/mol. The molecule has 1 amide bonds. The summed E-state index contributed by atoms with van der Waals surface area (Å²) in [5.74, 6) is -0.271. The van der Waals surface area contributed by atoms with E-state index >= 15 is 0 Å². The Labute approximate surface area is 141 Å². The van der Waals surface area contributed by atoms with Crippen molar-refractivity contribution in [3.8, 4) is 0 Å². The monoisotopic (exact) mass is 324 g/mol. The summed E-state index contributed by atoms with van der Waals surface area (Å²) in [6.07, 6.45) is 3.14. The van der Waals surface area contributed by atoms with E-state index in [-0.39, 0.29) is 5.91 Å². The van der Waals surface area contributed by atoms with Crippen LogP contribution in [-0.4, -0.2) is 42.9 Å². The highest BCUT2D eigenvalue weighted by Gasteiger charge is 2.11. The van der Waals surface area contributed by atoms with Crippen LogP contribution in [0.3, 0.4) is 0 Å². The summed E-state index contributed by atoms with van der Waals surface area (Å²) in [5.41, 5.74) is 5.94. The Morgan fingerprint density at radius 3 is 2.58 bits per heavy atom. The number of aromatic nitrogens is 1. The lowest BCUT2D eigenvalue weighted by atomic mass is 10.1. The van der Waals surface area contributed by atoms with E-state index in [2.05, 4.69) is 32.5 Å². The molecule has 0 saturated carbocycles. The van der Waals surface area contributed by atoms with Gasteiger partial charge in [0.2, 0.25) is 0 Å². The van der Waals surface area contributed by atoms with Crippen LogP contribution in [-0.2, 0) is 4.74 Å². The number of hydrogen-bond acceptors (Lipinski definition) is 5. The number of ether oxygens (including phenoxy) is 1. The molecule has 1 fully saturated rings. The lowest BCUT2D eigenvalue weighted by Gasteiger charge is -2.28. The largest absolute Gasteiger partial charge is 0.378 e. The molecule has 0 radical (unpaired) electrons. The summed E-state index contributed by atoms with van der Waals surface area (Å²) in [4.78, 5) is 18.2. The van der Waals surface area contributed by atoms with E-state index in [4.69, 9.17) is 4.74 Å². The second kappa shape index (κ2) is 7.70. The minimum absolute atomic E-state index is 0.271. The van der Waals surface area contributed by atoms with Gasteiger partial charge in [0.15, 0.2) is 0 Å². The van der Waals surface area contributed by atoms with Gasteiger partial charge in [0.1, 0.15) is 0 Å². The Morgan fingerprint density at radius 2 is 1.92 bits per heavy atom.